The van der Waals surface area contributed by atoms with Gasteiger partial charge >= 0.3 is 11.9 Å². The van der Waals surface area contributed by atoms with Crippen LogP contribution in [-0.4, -0.2) is 28.4 Å². The number of carboxylic acid groups (broad SMARTS) is 2. The SMILES string of the molecule is Cc1cc(C)c(C(C)(C)CC=O)c(C(CCCC(=O)O)C(=O)O)c1. The Bertz CT molecular complexity index is 631. The van der Waals surface area contributed by atoms with Gasteiger partial charge in [-0.15, -0.1) is 0 Å². The molecule has 5 heteroatoms. The minimum atomic E-state index is -0.964. The van der Waals surface area contributed by atoms with Gasteiger partial charge in [0.1, 0.15) is 6.29 Å². The van der Waals surface area contributed by atoms with Crippen LogP contribution in [0.5, 0.6) is 0 Å². The molecule has 1 rings (SSSR count). The second-order valence-electron chi connectivity index (χ2n) is 6.98. The average Bonchev–Trinajstić information content (AvgIpc) is 2.41. The summed E-state index contributed by atoms with van der Waals surface area (Å²) in [6.07, 6.45) is 1.65. The summed E-state index contributed by atoms with van der Waals surface area (Å²) < 4.78 is 0. The first-order valence-electron chi connectivity index (χ1n) is 8.10. The zero-order chi connectivity index (χ0) is 18.5. The van der Waals surface area contributed by atoms with E-state index in [1.165, 1.54) is 0 Å². The molecular weight excluding hydrogens is 308 g/mol. The maximum Gasteiger partial charge on any atom is 0.310 e. The van der Waals surface area contributed by atoms with Crippen molar-refractivity contribution in [2.45, 2.75) is 64.7 Å². The Morgan fingerprint density at radius 3 is 2.33 bits per heavy atom. The van der Waals surface area contributed by atoms with Gasteiger partial charge in [0, 0.05) is 12.8 Å². The molecule has 24 heavy (non-hydrogen) atoms. The van der Waals surface area contributed by atoms with Crippen LogP contribution in [-0.2, 0) is 19.8 Å². The monoisotopic (exact) mass is 334 g/mol. The van der Waals surface area contributed by atoms with Gasteiger partial charge in [-0.1, -0.05) is 31.5 Å². The standard InChI is InChI=1S/C19H26O5/c1-12-10-13(2)17(19(3,4)8-9-20)15(11-12)14(18(23)24)6-5-7-16(21)22/h9-11,14H,5-8H2,1-4H3,(H,21,22)(H,23,24). The predicted octanol–water partition coefficient (Wildman–Crippen LogP) is 3.59. The van der Waals surface area contributed by atoms with Crippen molar-refractivity contribution in [2.24, 2.45) is 0 Å². The highest BCUT2D eigenvalue weighted by Crippen LogP contribution is 2.38. The Hall–Kier alpha value is -2.17. The third-order valence-corrected chi connectivity index (χ3v) is 4.34. The van der Waals surface area contributed by atoms with Gasteiger partial charge in [-0.3, -0.25) is 9.59 Å². The highest BCUT2D eigenvalue weighted by atomic mass is 16.4. The molecule has 1 atom stereocenters. The van der Waals surface area contributed by atoms with Gasteiger partial charge in [0.2, 0.25) is 0 Å². The van der Waals surface area contributed by atoms with Crippen LogP contribution in [0.25, 0.3) is 0 Å². The predicted molar refractivity (Wildman–Crippen MR) is 91.5 cm³/mol. The maximum absolute atomic E-state index is 11.8. The van der Waals surface area contributed by atoms with Crippen molar-refractivity contribution in [3.8, 4) is 0 Å². The molecule has 0 aromatic heterocycles. The van der Waals surface area contributed by atoms with Gasteiger partial charge in [0.25, 0.3) is 0 Å². The van der Waals surface area contributed by atoms with Crippen molar-refractivity contribution >= 4 is 18.2 Å². The number of carboxylic acids is 2. The molecule has 1 aromatic rings. The Morgan fingerprint density at radius 2 is 1.83 bits per heavy atom. The van der Waals surface area contributed by atoms with E-state index in [-0.39, 0.29) is 12.8 Å². The molecule has 0 aliphatic heterocycles. The fourth-order valence-corrected chi connectivity index (χ4v) is 3.38. The van der Waals surface area contributed by atoms with Crippen molar-refractivity contribution in [1.29, 1.82) is 0 Å². The Balaban J connectivity index is 3.38. The van der Waals surface area contributed by atoms with Crippen LogP contribution >= 0.6 is 0 Å². The van der Waals surface area contributed by atoms with Crippen molar-refractivity contribution < 1.29 is 24.6 Å². The highest BCUT2D eigenvalue weighted by molar-refractivity contribution is 5.77. The summed E-state index contributed by atoms with van der Waals surface area (Å²) in [6.45, 7) is 7.69. The largest absolute Gasteiger partial charge is 0.481 e. The molecule has 0 saturated carbocycles. The van der Waals surface area contributed by atoms with E-state index in [0.717, 1.165) is 23.0 Å². The van der Waals surface area contributed by atoms with E-state index in [9.17, 15) is 19.5 Å². The van der Waals surface area contributed by atoms with Crippen LogP contribution < -0.4 is 0 Å². The van der Waals surface area contributed by atoms with Crippen LogP contribution in [0.3, 0.4) is 0 Å². The van der Waals surface area contributed by atoms with Gasteiger partial charge in [0.05, 0.1) is 5.92 Å². The number of aliphatic carboxylic acids is 2. The molecule has 0 bridgehead atoms. The first-order chi connectivity index (χ1) is 11.1. The molecule has 1 unspecified atom stereocenters. The molecule has 0 aliphatic carbocycles. The number of benzene rings is 1. The summed E-state index contributed by atoms with van der Waals surface area (Å²) in [5, 5.41) is 18.5. The van der Waals surface area contributed by atoms with E-state index in [2.05, 4.69) is 0 Å². The molecule has 0 radical (unpaired) electrons. The van der Waals surface area contributed by atoms with Gasteiger partial charge in [-0.25, -0.2) is 0 Å². The minimum absolute atomic E-state index is 0.0539. The van der Waals surface area contributed by atoms with Gasteiger partial charge < -0.3 is 15.0 Å². The summed E-state index contributed by atoms with van der Waals surface area (Å²) in [7, 11) is 0. The summed E-state index contributed by atoms with van der Waals surface area (Å²) in [4.78, 5) is 33.6. The Labute approximate surface area is 142 Å². The lowest BCUT2D eigenvalue weighted by Gasteiger charge is -2.30. The molecule has 2 N–H and O–H groups in total. The quantitative estimate of drug-likeness (QED) is 0.673. The number of rotatable bonds is 9. The summed E-state index contributed by atoms with van der Waals surface area (Å²) in [5.41, 5.74) is 3.01. The number of aryl methyl sites for hydroxylation is 2. The van der Waals surface area contributed by atoms with Gasteiger partial charge in [-0.2, -0.15) is 0 Å². The molecule has 0 spiro atoms. The highest BCUT2D eigenvalue weighted by Gasteiger charge is 2.31. The second kappa shape index (κ2) is 8.08. The van der Waals surface area contributed by atoms with Gasteiger partial charge in [0.15, 0.2) is 0 Å². The first kappa shape index (κ1) is 19.9. The third kappa shape index (κ3) is 4.91. The fraction of sp³-hybridized carbons (Fsp3) is 0.526. The van der Waals surface area contributed by atoms with Gasteiger partial charge in [-0.05, 0) is 48.8 Å². The lowest BCUT2D eigenvalue weighted by atomic mass is 9.73. The van der Waals surface area contributed by atoms with Crippen molar-refractivity contribution in [1.82, 2.24) is 0 Å². The number of carbonyl (C=O) groups is 3. The third-order valence-electron chi connectivity index (χ3n) is 4.34. The smallest absolute Gasteiger partial charge is 0.310 e. The van der Waals surface area contributed by atoms with Crippen molar-refractivity contribution in [3.05, 3.63) is 34.4 Å². The van der Waals surface area contributed by atoms with Crippen LogP contribution in [0.4, 0.5) is 0 Å². The normalized spacial score (nSPS) is 12.7. The van der Waals surface area contributed by atoms with E-state index >= 15 is 0 Å². The Morgan fingerprint density at radius 1 is 1.21 bits per heavy atom. The fourth-order valence-electron chi connectivity index (χ4n) is 3.38. The van der Waals surface area contributed by atoms with Crippen LogP contribution in [0.1, 0.15) is 67.7 Å². The number of hydrogen-bond donors (Lipinski definition) is 2. The van der Waals surface area contributed by atoms with E-state index in [0.29, 0.717) is 18.4 Å². The average molecular weight is 334 g/mol. The Kier molecular flexibility index (Phi) is 6.70. The van der Waals surface area contributed by atoms with Crippen LogP contribution in [0.15, 0.2) is 12.1 Å². The number of hydrogen-bond acceptors (Lipinski definition) is 3. The molecular formula is C19H26O5. The van der Waals surface area contributed by atoms with E-state index in [4.69, 9.17) is 5.11 Å². The molecule has 0 amide bonds. The maximum atomic E-state index is 11.8. The topological polar surface area (TPSA) is 91.7 Å². The molecule has 132 valence electrons. The van der Waals surface area contributed by atoms with Crippen molar-refractivity contribution in [2.75, 3.05) is 0 Å². The molecule has 0 fully saturated rings. The van der Waals surface area contributed by atoms with E-state index in [1.54, 1.807) is 0 Å². The summed E-state index contributed by atoms with van der Waals surface area (Å²) >= 11 is 0. The van der Waals surface area contributed by atoms with Crippen LogP contribution in [0, 0.1) is 13.8 Å². The molecule has 5 nitrogen and oxygen atoms in total. The molecule has 1 aromatic carbocycles. The second-order valence-corrected chi connectivity index (χ2v) is 6.98. The lowest BCUT2D eigenvalue weighted by Crippen LogP contribution is -2.25. The molecule has 0 saturated heterocycles. The van der Waals surface area contributed by atoms with E-state index < -0.39 is 23.3 Å². The molecule has 0 heterocycles. The lowest BCUT2D eigenvalue weighted by molar-refractivity contribution is -0.140. The van der Waals surface area contributed by atoms with Crippen molar-refractivity contribution in [3.63, 3.8) is 0 Å². The van der Waals surface area contributed by atoms with Crippen LogP contribution in [0.2, 0.25) is 0 Å². The zero-order valence-corrected chi connectivity index (χ0v) is 14.8. The summed E-state index contributed by atoms with van der Waals surface area (Å²) in [5.74, 6) is -2.67. The number of carbonyl (C=O) groups excluding carboxylic acids is 1. The first-order valence-corrected chi connectivity index (χ1v) is 8.10. The number of aldehydes is 1. The zero-order valence-electron chi connectivity index (χ0n) is 14.8. The molecule has 0 aliphatic rings. The minimum Gasteiger partial charge on any atom is -0.481 e. The summed E-state index contributed by atoms with van der Waals surface area (Å²) in [6, 6.07) is 3.84. The van der Waals surface area contributed by atoms with E-state index in [1.807, 2.05) is 39.8 Å².